The van der Waals surface area contributed by atoms with E-state index in [-0.39, 0.29) is 44.1 Å². The number of aryl methyl sites for hydroxylation is 1. The van der Waals surface area contributed by atoms with Crippen molar-refractivity contribution in [1.29, 1.82) is 0 Å². The molecule has 17 nitrogen and oxygen atoms in total. The van der Waals surface area contributed by atoms with Crippen LogP contribution in [0.4, 0.5) is 4.79 Å². The second kappa shape index (κ2) is 19.3. The largest absolute Gasteiger partial charge is 0.458 e. The Morgan fingerprint density at radius 3 is 2.48 bits per heavy atom. The van der Waals surface area contributed by atoms with Gasteiger partial charge in [-0.1, -0.05) is 34.3 Å². The Bertz CT molecular complexity index is 1850. The number of esters is 1. The molecule has 17 heteroatoms. The number of cyclic esters (lactones) is 1. The Balaban J connectivity index is 1.32. The number of hydrogen-bond acceptors (Lipinski definition) is 15. The number of carbonyl (C=O) groups excluding carboxylic acids is 3. The van der Waals surface area contributed by atoms with Gasteiger partial charge in [0.2, 0.25) is 5.82 Å². The molecule has 2 aromatic heterocycles. The molecule has 4 aliphatic rings. The fraction of sp³-hybridized carbons (Fsp3) is 0.750. The second-order valence-electron chi connectivity index (χ2n) is 18.4. The summed E-state index contributed by atoms with van der Waals surface area (Å²) in [5, 5.41) is 24.5. The van der Waals surface area contributed by atoms with Gasteiger partial charge in [-0.15, -0.1) is 10.2 Å². The van der Waals surface area contributed by atoms with E-state index in [1.54, 1.807) is 37.2 Å². The van der Waals surface area contributed by atoms with Gasteiger partial charge in [0.15, 0.2) is 11.9 Å². The molecule has 338 valence electrons. The van der Waals surface area contributed by atoms with E-state index in [4.69, 9.17) is 28.4 Å². The van der Waals surface area contributed by atoms with Crippen molar-refractivity contribution in [2.75, 3.05) is 33.9 Å². The maximum Gasteiger partial charge on any atom is 0.410 e. The van der Waals surface area contributed by atoms with Crippen LogP contribution in [0.15, 0.2) is 36.7 Å². The van der Waals surface area contributed by atoms with E-state index in [1.807, 2.05) is 66.6 Å². The molecule has 6 rings (SSSR count). The SMILES string of the molecule is C=C1CO[C@@H]2[C@@H](C)[C@@H](O[C@@H]3O[C@H](C)C[C@H](N(C)C)[C@H]3O)[C@](C)(C[C@@H](C)C(=O)[C@H](C)[C@@H]3N(CCCCn4nnc(-c5cccnc5)n4)C(=O)O[C@@]3(C)[C@@H](CC)OC(=O)[C@@H]2C)OC1. The third-order valence-corrected chi connectivity index (χ3v) is 13.3. The van der Waals surface area contributed by atoms with Crippen molar-refractivity contribution >= 4 is 17.8 Å². The topological polar surface area (TPSA) is 190 Å². The first-order chi connectivity index (χ1) is 28.9. The van der Waals surface area contributed by atoms with Crippen molar-refractivity contribution in [2.24, 2.45) is 23.7 Å². The molecule has 1 amide bonds. The number of aromatic nitrogens is 5. The lowest BCUT2D eigenvalue weighted by molar-refractivity contribution is -0.302. The van der Waals surface area contributed by atoms with Gasteiger partial charge in [-0.25, -0.2) is 4.79 Å². The summed E-state index contributed by atoms with van der Waals surface area (Å²) in [4.78, 5) is 52.6. The minimum Gasteiger partial charge on any atom is -0.458 e. The Labute approximate surface area is 359 Å². The van der Waals surface area contributed by atoms with E-state index < -0.39 is 83.7 Å². The van der Waals surface area contributed by atoms with Gasteiger partial charge < -0.3 is 43.3 Å². The summed E-state index contributed by atoms with van der Waals surface area (Å²) in [6, 6.07) is 2.65. The molecule has 2 bridgehead atoms. The summed E-state index contributed by atoms with van der Waals surface area (Å²) < 4.78 is 39.1. The van der Waals surface area contributed by atoms with Crippen molar-refractivity contribution in [1.82, 2.24) is 35.0 Å². The van der Waals surface area contributed by atoms with Crippen LogP contribution < -0.4 is 0 Å². The molecule has 0 saturated carbocycles. The number of nitrogens with zero attached hydrogens (tertiary/aromatic N) is 7. The van der Waals surface area contributed by atoms with Crippen molar-refractivity contribution in [3.63, 3.8) is 0 Å². The van der Waals surface area contributed by atoms with Gasteiger partial charge in [-0.2, -0.15) is 4.80 Å². The molecule has 0 unspecified atom stereocenters. The summed E-state index contributed by atoms with van der Waals surface area (Å²) >= 11 is 0. The Kier molecular flexibility index (Phi) is 14.7. The molecule has 0 radical (unpaired) electrons. The number of aliphatic hydroxyl groups is 1. The summed E-state index contributed by atoms with van der Waals surface area (Å²) in [7, 11) is 3.82. The molecular weight excluding hydrogens is 787 g/mol. The highest BCUT2D eigenvalue weighted by Gasteiger charge is 2.60. The number of rotatable bonds is 10. The van der Waals surface area contributed by atoms with Crippen molar-refractivity contribution in [3.05, 3.63) is 36.7 Å². The summed E-state index contributed by atoms with van der Waals surface area (Å²) in [5.74, 6) is -2.90. The molecule has 4 aliphatic heterocycles. The molecule has 0 aromatic carbocycles. The maximum atomic E-state index is 15.0. The van der Waals surface area contributed by atoms with Gasteiger partial charge >= 0.3 is 12.1 Å². The monoisotopic (exact) mass is 853 g/mol. The van der Waals surface area contributed by atoms with E-state index in [9.17, 15) is 19.5 Å². The highest BCUT2D eigenvalue weighted by molar-refractivity contribution is 5.85. The lowest BCUT2D eigenvalue weighted by atomic mass is 9.73. The number of carbonyl (C=O) groups is 3. The first kappa shape index (κ1) is 46.6. The molecular formula is C44H67N7O10. The highest BCUT2D eigenvalue weighted by Crippen LogP contribution is 2.44. The first-order valence-electron chi connectivity index (χ1n) is 21.9. The van der Waals surface area contributed by atoms with Gasteiger partial charge in [-0.05, 0) is 96.8 Å². The smallest absolute Gasteiger partial charge is 0.410 e. The van der Waals surface area contributed by atoms with Crippen molar-refractivity contribution < 1.29 is 47.9 Å². The number of ketones is 1. The van der Waals surface area contributed by atoms with Gasteiger partial charge in [0, 0.05) is 48.3 Å². The normalized spacial score (nSPS) is 38.0. The molecule has 0 aliphatic carbocycles. The zero-order valence-corrected chi connectivity index (χ0v) is 37.6. The van der Waals surface area contributed by atoms with Crippen LogP contribution in [0.25, 0.3) is 11.4 Å². The lowest BCUT2D eigenvalue weighted by Crippen LogP contribution is -2.61. The number of hydrogen-bond donors (Lipinski definition) is 1. The number of ether oxygens (including phenoxy) is 6. The Hall–Kier alpha value is -3.87. The quantitative estimate of drug-likeness (QED) is 0.200. The van der Waals surface area contributed by atoms with E-state index in [0.717, 1.165) is 5.56 Å². The van der Waals surface area contributed by atoms with Gasteiger partial charge in [0.25, 0.3) is 0 Å². The molecule has 14 atom stereocenters. The van der Waals surface area contributed by atoms with Gasteiger partial charge in [0.1, 0.15) is 18.0 Å². The van der Waals surface area contributed by atoms with E-state index in [0.29, 0.717) is 43.6 Å². The molecule has 6 heterocycles. The van der Waals surface area contributed by atoms with Crippen LogP contribution in [0, 0.1) is 23.7 Å². The number of pyridine rings is 1. The minimum atomic E-state index is -1.37. The van der Waals surface area contributed by atoms with Crippen LogP contribution >= 0.6 is 0 Å². The van der Waals surface area contributed by atoms with Crippen LogP contribution in [-0.4, -0.2) is 152 Å². The minimum absolute atomic E-state index is 0.111. The lowest BCUT2D eigenvalue weighted by Gasteiger charge is -2.48. The maximum absolute atomic E-state index is 15.0. The first-order valence-corrected chi connectivity index (χ1v) is 21.9. The number of tetrazole rings is 1. The highest BCUT2D eigenvalue weighted by atomic mass is 16.7. The number of amides is 1. The van der Waals surface area contributed by atoms with Crippen molar-refractivity contribution in [3.8, 4) is 11.4 Å². The van der Waals surface area contributed by atoms with E-state index >= 15 is 0 Å². The standard InChI is InChI=1S/C44H67N7O10/c1-12-33-44(9)37(50(42(55)61-44)18-13-14-19-51-47-39(46-48-51)31-16-15-17-45-22-31)28(5)34(52)26(3)21-43(8)38(60-41-35(53)32(49(10)11)20-27(4)58-41)29(6)36(30(7)40(54)59-33)56-23-25(2)24-57-43/h15-17,22,26-30,32-33,35-38,41,53H,2,12-14,18-21,23-24H2,1,3-11H3/t26-,27-,28+,29-,30-,32+,33-,35-,36-,37+,38-,41+,43+,44+/m1/s1. The Morgan fingerprint density at radius 1 is 1.05 bits per heavy atom. The van der Waals surface area contributed by atoms with E-state index in [2.05, 4.69) is 27.0 Å². The molecule has 2 aromatic rings. The number of unbranched alkanes of at least 4 members (excludes halogenated alkanes) is 1. The van der Waals surface area contributed by atoms with Crippen LogP contribution in [0.3, 0.4) is 0 Å². The number of fused-ring (bicyclic) bond motifs is 4. The zero-order chi connectivity index (χ0) is 44.4. The number of Topliss-reactive ketones (excluding diaryl/α,β-unsaturated/α-hetero) is 1. The molecule has 0 spiro atoms. The van der Waals surface area contributed by atoms with E-state index in [1.165, 1.54) is 4.80 Å². The molecule has 1 N–H and O–H groups in total. The predicted molar refractivity (Wildman–Crippen MR) is 223 cm³/mol. The zero-order valence-electron chi connectivity index (χ0n) is 37.6. The Morgan fingerprint density at radius 2 is 1.79 bits per heavy atom. The van der Waals surface area contributed by atoms with Crippen LogP contribution in [-0.2, 0) is 44.6 Å². The number of likely N-dealkylation sites (N-methyl/N-ethyl adjacent to an activating group) is 1. The fourth-order valence-corrected chi connectivity index (χ4v) is 10.1. The van der Waals surface area contributed by atoms with Crippen LogP contribution in [0.2, 0.25) is 0 Å². The van der Waals surface area contributed by atoms with Crippen LogP contribution in [0.5, 0.6) is 0 Å². The summed E-state index contributed by atoms with van der Waals surface area (Å²) in [6.07, 6.45) is 0.308. The molecule has 61 heavy (non-hydrogen) atoms. The summed E-state index contributed by atoms with van der Waals surface area (Å²) in [5.41, 5.74) is -1.13. The molecule has 4 saturated heterocycles. The number of aliphatic hydroxyl groups excluding tert-OH is 1. The fourth-order valence-electron chi connectivity index (χ4n) is 10.1. The molecule has 4 fully saturated rings. The summed E-state index contributed by atoms with van der Waals surface area (Å²) in [6.45, 7) is 20.0. The average Bonchev–Trinajstić information content (AvgIpc) is 3.81. The van der Waals surface area contributed by atoms with Gasteiger partial charge in [-0.3, -0.25) is 14.6 Å². The predicted octanol–water partition coefficient (Wildman–Crippen LogP) is 4.48. The van der Waals surface area contributed by atoms with Gasteiger partial charge in [0.05, 0.1) is 55.6 Å². The van der Waals surface area contributed by atoms with Crippen molar-refractivity contribution in [2.45, 2.75) is 154 Å². The third-order valence-electron chi connectivity index (χ3n) is 13.3. The average molecular weight is 854 g/mol. The van der Waals surface area contributed by atoms with Crippen LogP contribution in [0.1, 0.15) is 87.5 Å². The second-order valence-corrected chi connectivity index (χ2v) is 18.4. The third kappa shape index (κ3) is 9.86.